The summed E-state index contributed by atoms with van der Waals surface area (Å²) in [4.78, 5) is 2.35. The number of hydrogen-bond donors (Lipinski definition) is 2. The van der Waals surface area contributed by atoms with E-state index in [0.29, 0.717) is 24.8 Å². The molecule has 1 aromatic carbocycles. The van der Waals surface area contributed by atoms with Crippen molar-refractivity contribution in [2.75, 3.05) is 26.7 Å². The van der Waals surface area contributed by atoms with E-state index in [-0.39, 0.29) is 18.0 Å². The van der Waals surface area contributed by atoms with E-state index in [1.54, 1.807) is 12.1 Å². The van der Waals surface area contributed by atoms with Crippen LogP contribution < -0.4 is 5.32 Å². The average Bonchev–Trinajstić information content (AvgIpc) is 3.18. The molecule has 0 bridgehead atoms. The molecule has 2 aromatic rings. The maximum Gasteiger partial charge on any atom is 0.167 e. The zero-order valence-electron chi connectivity index (χ0n) is 16.9. The van der Waals surface area contributed by atoms with Crippen molar-refractivity contribution < 1.29 is 18.8 Å². The minimum atomic E-state index is -0.433. The molecule has 29 heavy (non-hydrogen) atoms. The number of piperidine rings is 1. The fraction of sp³-hybridized carbons (Fsp3) is 0.591. The number of nitrogens with one attached hydrogen (secondary N) is 1. The summed E-state index contributed by atoms with van der Waals surface area (Å²) in [6.45, 7) is 2.89. The molecule has 2 fully saturated rings. The van der Waals surface area contributed by atoms with Crippen molar-refractivity contribution in [1.29, 1.82) is 0 Å². The van der Waals surface area contributed by atoms with Gasteiger partial charge in [-0.05, 0) is 70.1 Å². The lowest BCUT2D eigenvalue weighted by Gasteiger charge is -2.36. The van der Waals surface area contributed by atoms with Crippen LogP contribution in [0.3, 0.4) is 0 Å². The second-order valence-electron chi connectivity index (χ2n) is 8.32. The highest BCUT2D eigenvalue weighted by Crippen LogP contribution is 2.25. The summed E-state index contributed by atoms with van der Waals surface area (Å²) < 4.78 is 24.7. The molecule has 3 unspecified atom stereocenters. The predicted molar refractivity (Wildman–Crippen MR) is 108 cm³/mol. The largest absolute Gasteiger partial charge is 0.390 e. The molecular formula is C22H30FN3O3. The van der Waals surface area contributed by atoms with Crippen LogP contribution in [0.15, 0.2) is 34.9 Å². The molecule has 6 nitrogen and oxygen atoms in total. The normalized spacial score (nSPS) is 26.7. The van der Waals surface area contributed by atoms with Gasteiger partial charge in [0, 0.05) is 30.6 Å². The second-order valence-corrected chi connectivity index (χ2v) is 8.32. The monoisotopic (exact) mass is 403 g/mol. The maximum absolute atomic E-state index is 13.1. The molecule has 2 N–H and O–H groups in total. The number of nitrogens with zero attached hydrogens (tertiary/aromatic N) is 2. The van der Waals surface area contributed by atoms with Gasteiger partial charge in [-0.3, -0.25) is 0 Å². The van der Waals surface area contributed by atoms with Crippen LogP contribution in [0.2, 0.25) is 0 Å². The fourth-order valence-electron chi connectivity index (χ4n) is 4.17. The zero-order chi connectivity index (χ0) is 20.2. The number of rotatable bonds is 6. The van der Waals surface area contributed by atoms with Crippen LogP contribution in [0.25, 0.3) is 11.3 Å². The van der Waals surface area contributed by atoms with Crippen LogP contribution in [0.5, 0.6) is 0 Å². The molecular weight excluding hydrogens is 373 g/mol. The van der Waals surface area contributed by atoms with Crippen LogP contribution >= 0.6 is 0 Å². The summed E-state index contributed by atoms with van der Waals surface area (Å²) in [5.41, 5.74) is 1.61. The number of halogens is 1. The molecule has 3 heterocycles. The predicted octanol–water partition coefficient (Wildman–Crippen LogP) is 2.62. The zero-order valence-corrected chi connectivity index (χ0v) is 16.9. The van der Waals surface area contributed by atoms with E-state index in [1.165, 1.54) is 12.1 Å². The number of ether oxygens (including phenoxy) is 1. The molecule has 0 radical (unpaired) electrons. The first-order valence-corrected chi connectivity index (χ1v) is 10.5. The van der Waals surface area contributed by atoms with Crippen LogP contribution in [0.1, 0.15) is 31.4 Å². The molecule has 0 amide bonds. The van der Waals surface area contributed by atoms with Gasteiger partial charge in [0.1, 0.15) is 5.82 Å². The summed E-state index contributed by atoms with van der Waals surface area (Å²) in [5, 5.41) is 18.1. The number of likely N-dealkylation sites (tertiary alicyclic amines) is 1. The number of benzene rings is 1. The highest BCUT2D eigenvalue weighted by molar-refractivity contribution is 5.57. The SMILES string of the molecule is CN1CCC(NCC2OC(Cc3cc(-c4ccc(F)cc4)on3)CCC2O)CC1. The first-order valence-electron chi connectivity index (χ1n) is 10.5. The van der Waals surface area contributed by atoms with Gasteiger partial charge in [-0.15, -0.1) is 0 Å². The van der Waals surface area contributed by atoms with E-state index < -0.39 is 6.10 Å². The Balaban J connectivity index is 1.29. The Labute approximate surface area is 171 Å². The van der Waals surface area contributed by atoms with Gasteiger partial charge in [0.25, 0.3) is 0 Å². The van der Waals surface area contributed by atoms with Crippen molar-refractivity contribution in [3.63, 3.8) is 0 Å². The number of aliphatic hydroxyl groups is 1. The standard InChI is InChI=1S/C22H30FN3O3/c1-26-10-8-17(9-11-26)24-14-22-20(27)7-6-19(28-22)12-18-13-21(29-25-18)15-2-4-16(23)5-3-15/h2-5,13,17,19-20,22,24,27H,6-12,14H2,1H3. The molecule has 2 aliphatic heterocycles. The summed E-state index contributed by atoms with van der Waals surface area (Å²) in [6.07, 6.45) is 3.81. The summed E-state index contributed by atoms with van der Waals surface area (Å²) >= 11 is 0. The van der Waals surface area contributed by atoms with Crippen LogP contribution in [-0.2, 0) is 11.2 Å². The summed E-state index contributed by atoms with van der Waals surface area (Å²) in [7, 11) is 2.15. The average molecular weight is 403 g/mol. The fourth-order valence-corrected chi connectivity index (χ4v) is 4.17. The number of hydrogen-bond acceptors (Lipinski definition) is 6. The van der Waals surface area contributed by atoms with E-state index in [1.807, 2.05) is 6.07 Å². The Morgan fingerprint density at radius 2 is 1.93 bits per heavy atom. The summed E-state index contributed by atoms with van der Waals surface area (Å²) in [6, 6.07) is 8.55. The minimum Gasteiger partial charge on any atom is -0.390 e. The lowest BCUT2D eigenvalue weighted by atomic mass is 9.97. The van der Waals surface area contributed by atoms with Crippen molar-refractivity contribution >= 4 is 0 Å². The molecule has 158 valence electrons. The van der Waals surface area contributed by atoms with Crippen molar-refractivity contribution in [2.24, 2.45) is 0 Å². The molecule has 4 rings (SSSR count). The Hall–Kier alpha value is -1.80. The lowest BCUT2D eigenvalue weighted by Crippen LogP contribution is -2.49. The highest BCUT2D eigenvalue weighted by Gasteiger charge is 2.31. The molecule has 3 atom stereocenters. The molecule has 2 saturated heterocycles. The molecule has 0 aliphatic carbocycles. The van der Waals surface area contributed by atoms with Gasteiger partial charge in [-0.25, -0.2) is 4.39 Å². The van der Waals surface area contributed by atoms with E-state index in [9.17, 15) is 9.50 Å². The summed E-state index contributed by atoms with van der Waals surface area (Å²) in [5.74, 6) is 0.346. The minimum absolute atomic E-state index is 0.00820. The van der Waals surface area contributed by atoms with Crippen molar-refractivity contribution in [3.05, 3.63) is 41.8 Å². The van der Waals surface area contributed by atoms with Gasteiger partial charge in [0.15, 0.2) is 5.76 Å². The maximum atomic E-state index is 13.1. The molecule has 2 aliphatic rings. The van der Waals surface area contributed by atoms with E-state index >= 15 is 0 Å². The van der Waals surface area contributed by atoms with Gasteiger partial charge < -0.3 is 24.6 Å². The van der Waals surface area contributed by atoms with Crippen LogP contribution in [0, 0.1) is 5.82 Å². The molecule has 0 spiro atoms. The highest BCUT2D eigenvalue weighted by atomic mass is 19.1. The van der Waals surface area contributed by atoms with Gasteiger partial charge in [0.2, 0.25) is 0 Å². The third kappa shape index (κ3) is 5.42. The van der Waals surface area contributed by atoms with Gasteiger partial charge >= 0.3 is 0 Å². The first-order chi connectivity index (χ1) is 14.1. The van der Waals surface area contributed by atoms with Crippen molar-refractivity contribution in [2.45, 2.75) is 56.5 Å². The van der Waals surface area contributed by atoms with Crippen molar-refractivity contribution in [3.8, 4) is 11.3 Å². The third-order valence-electron chi connectivity index (χ3n) is 6.03. The van der Waals surface area contributed by atoms with Gasteiger partial charge in [-0.2, -0.15) is 0 Å². The molecule has 7 heteroatoms. The Bertz CT molecular complexity index is 774. The molecule has 0 saturated carbocycles. The Morgan fingerprint density at radius 1 is 1.17 bits per heavy atom. The Morgan fingerprint density at radius 3 is 2.69 bits per heavy atom. The van der Waals surface area contributed by atoms with Crippen molar-refractivity contribution in [1.82, 2.24) is 15.4 Å². The van der Waals surface area contributed by atoms with E-state index in [4.69, 9.17) is 9.26 Å². The second kappa shape index (κ2) is 9.34. The van der Waals surface area contributed by atoms with Crippen LogP contribution in [0.4, 0.5) is 4.39 Å². The Kier molecular flexibility index (Phi) is 6.60. The molecule has 1 aromatic heterocycles. The smallest absolute Gasteiger partial charge is 0.167 e. The third-order valence-corrected chi connectivity index (χ3v) is 6.03. The van der Waals surface area contributed by atoms with E-state index in [2.05, 4.69) is 22.4 Å². The van der Waals surface area contributed by atoms with Gasteiger partial charge in [-0.1, -0.05) is 5.16 Å². The van der Waals surface area contributed by atoms with E-state index in [0.717, 1.165) is 50.0 Å². The topological polar surface area (TPSA) is 70.8 Å². The van der Waals surface area contributed by atoms with Gasteiger partial charge in [0.05, 0.1) is 24.0 Å². The first kappa shape index (κ1) is 20.5. The van der Waals surface area contributed by atoms with Crippen LogP contribution in [-0.4, -0.2) is 66.2 Å². The quantitative estimate of drug-likeness (QED) is 0.773. The number of aliphatic hydroxyl groups excluding tert-OH is 1. The number of aromatic nitrogens is 1. The lowest BCUT2D eigenvalue weighted by molar-refractivity contribution is -0.115.